The third-order valence-corrected chi connectivity index (χ3v) is 5.64. The third-order valence-electron chi connectivity index (χ3n) is 2.91. The minimum absolute atomic E-state index is 0.182. The van der Waals surface area contributed by atoms with Crippen LogP contribution >= 0.6 is 20.7 Å². The average Bonchev–Trinajstić information content (AvgIpc) is 2.26. The van der Waals surface area contributed by atoms with Gasteiger partial charge in [-0.25, -0.2) is 0 Å². The Balaban J connectivity index is 2.94. The quantitative estimate of drug-likeness (QED) is 0.745. The zero-order chi connectivity index (χ0) is 13.0. The lowest BCUT2D eigenvalue weighted by atomic mass is 9.85. The summed E-state index contributed by atoms with van der Waals surface area (Å²) in [6, 6.07) is 0. The van der Waals surface area contributed by atoms with Crippen LogP contribution in [0.4, 0.5) is 0 Å². The van der Waals surface area contributed by atoms with Gasteiger partial charge in [0.15, 0.2) is 11.5 Å². The van der Waals surface area contributed by atoms with Crippen molar-refractivity contribution in [1.29, 1.82) is 0 Å². The van der Waals surface area contributed by atoms with Gasteiger partial charge in [0.05, 0.1) is 7.11 Å². The molecule has 1 unspecified atom stereocenters. The van der Waals surface area contributed by atoms with Gasteiger partial charge in [-0.3, -0.25) is 0 Å². The number of methoxy groups -OCH3 is 1. The van der Waals surface area contributed by atoms with Gasteiger partial charge >= 0.3 is 0 Å². The van der Waals surface area contributed by atoms with Crippen molar-refractivity contribution >= 4 is 24.2 Å². The van der Waals surface area contributed by atoms with E-state index in [4.69, 9.17) is 4.74 Å². The molecule has 1 heterocycles. The van der Waals surface area contributed by atoms with Crippen molar-refractivity contribution in [2.24, 2.45) is 17.8 Å². The highest BCUT2D eigenvalue weighted by molar-refractivity contribution is 14.2. The first-order chi connectivity index (χ1) is 7.95. The minimum atomic E-state index is -0.182. The van der Waals surface area contributed by atoms with Gasteiger partial charge in [-0.15, -0.1) is 0 Å². The molecule has 2 nitrogen and oxygen atoms in total. The molecule has 0 amide bonds. The number of aliphatic hydroxyl groups excluding tert-OH is 1. The zero-order valence-corrected chi connectivity index (χ0v) is 13.5. The van der Waals surface area contributed by atoms with Crippen LogP contribution in [0.3, 0.4) is 0 Å². The Morgan fingerprint density at radius 1 is 1.29 bits per heavy atom. The molecule has 0 saturated heterocycles. The molecular formula is C14H23IO2. The molecule has 0 aliphatic carbocycles. The first kappa shape index (κ1) is 14.7. The number of allylic oxidation sites excluding steroid dienone is 1. The SMILES string of the molecule is COC1=CC(C(CC(C)C)C(C)C)=IC=C1O. The maximum atomic E-state index is 9.67. The van der Waals surface area contributed by atoms with Gasteiger partial charge in [-0.05, 0) is 33.8 Å². The molecule has 0 radical (unpaired) electrons. The normalized spacial score (nSPS) is 18.2. The summed E-state index contributed by atoms with van der Waals surface area (Å²) in [7, 11) is 1.62. The van der Waals surface area contributed by atoms with E-state index in [1.54, 1.807) is 7.11 Å². The second kappa shape index (κ2) is 6.57. The molecule has 1 aliphatic rings. The van der Waals surface area contributed by atoms with Crippen LogP contribution in [0, 0.1) is 17.8 Å². The first-order valence-electron chi connectivity index (χ1n) is 6.11. The molecule has 1 aliphatic heterocycles. The molecule has 1 rings (SSSR count). The molecule has 1 atom stereocenters. The first-order valence-corrected chi connectivity index (χ1v) is 8.43. The van der Waals surface area contributed by atoms with Gasteiger partial charge in [0, 0.05) is 4.08 Å². The predicted octanol–water partition coefficient (Wildman–Crippen LogP) is 4.39. The van der Waals surface area contributed by atoms with Gasteiger partial charge in [-0.2, -0.15) is 0 Å². The molecule has 0 fully saturated rings. The van der Waals surface area contributed by atoms with Crippen LogP contribution in [-0.4, -0.2) is 15.7 Å². The number of halogens is 1. The summed E-state index contributed by atoms with van der Waals surface area (Å²) in [5, 5.41) is 9.67. The maximum Gasteiger partial charge on any atom is 0.163 e. The minimum Gasteiger partial charge on any atom is -0.504 e. The number of hydrogen-bond acceptors (Lipinski definition) is 2. The molecule has 0 spiro atoms. The fourth-order valence-corrected chi connectivity index (χ4v) is 4.82. The second-order valence-electron chi connectivity index (χ2n) is 5.18. The predicted molar refractivity (Wildman–Crippen MR) is 82.6 cm³/mol. The summed E-state index contributed by atoms with van der Waals surface area (Å²) in [6.45, 7) is 9.10. The molecule has 0 aromatic heterocycles. The van der Waals surface area contributed by atoms with Gasteiger partial charge in [0.2, 0.25) is 0 Å². The Morgan fingerprint density at radius 3 is 2.41 bits per heavy atom. The Bertz CT molecular complexity index is 351. The van der Waals surface area contributed by atoms with Crippen molar-refractivity contribution in [3.63, 3.8) is 0 Å². The molecule has 0 saturated carbocycles. The highest BCUT2D eigenvalue weighted by Gasteiger charge is 2.22. The van der Waals surface area contributed by atoms with Crippen LogP contribution in [0.5, 0.6) is 0 Å². The Labute approximate surface area is 115 Å². The van der Waals surface area contributed by atoms with Crippen LogP contribution in [0.25, 0.3) is 0 Å². The van der Waals surface area contributed by atoms with Crippen molar-refractivity contribution in [3.8, 4) is 0 Å². The van der Waals surface area contributed by atoms with E-state index >= 15 is 0 Å². The van der Waals surface area contributed by atoms with E-state index in [1.807, 2.05) is 4.08 Å². The van der Waals surface area contributed by atoms with E-state index in [0.29, 0.717) is 29.3 Å². The van der Waals surface area contributed by atoms with E-state index in [9.17, 15) is 5.11 Å². The summed E-state index contributed by atoms with van der Waals surface area (Å²) >= 11 is -0.182. The van der Waals surface area contributed by atoms with Crippen LogP contribution < -0.4 is 0 Å². The van der Waals surface area contributed by atoms with Crippen molar-refractivity contribution in [2.75, 3.05) is 7.11 Å². The molecule has 0 aromatic carbocycles. The van der Waals surface area contributed by atoms with Crippen LogP contribution in [0.1, 0.15) is 34.1 Å². The third kappa shape index (κ3) is 4.12. The van der Waals surface area contributed by atoms with Crippen molar-refractivity contribution < 1.29 is 9.84 Å². The van der Waals surface area contributed by atoms with E-state index in [-0.39, 0.29) is 20.7 Å². The van der Waals surface area contributed by atoms with Crippen molar-refractivity contribution in [3.05, 3.63) is 21.7 Å². The van der Waals surface area contributed by atoms with Crippen LogP contribution in [-0.2, 0) is 4.74 Å². The molecule has 1 N–H and O–H groups in total. The van der Waals surface area contributed by atoms with E-state index in [0.717, 1.165) is 0 Å². The van der Waals surface area contributed by atoms with Crippen molar-refractivity contribution in [1.82, 2.24) is 0 Å². The van der Waals surface area contributed by atoms with Crippen LogP contribution in [0.2, 0.25) is 0 Å². The molecular weight excluding hydrogens is 327 g/mol. The summed E-state index contributed by atoms with van der Waals surface area (Å²) < 4.78 is 8.66. The highest BCUT2D eigenvalue weighted by atomic mass is 127. The van der Waals surface area contributed by atoms with Crippen molar-refractivity contribution in [2.45, 2.75) is 34.1 Å². The molecule has 0 bridgehead atoms. The number of hydrogen-bond donors (Lipinski definition) is 1. The average molecular weight is 350 g/mol. The van der Waals surface area contributed by atoms with E-state index < -0.39 is 0 Å². The van der Waals surface area contributed by atoms with E-state index in [1.165, 1.54) is 9.93 Å². The largest absolute Gasteiger partial charge is 0.504 e. The van der Waals surface area contributed by atoms with Gasteiger partial charge < -0.3 is 9.84 Å². The molecule has 98 valence electrons. The lowest BCUT2D eigenvalue weighted by molar-refractivity contribution is 0.257. The Hall–Kier alpha value is -0.320. The highest BCUT2D eigenvalue weighted by Crippen LogP contribution is 2.31. The summed E-state index contributed by atoms with van der Waals surface area (Å²) in [5.74, 6) is 2.92. The molecule has 3 heteroatoms. The Morgan fingerprint density at radius 2 is 1.94 bits per heavy atom. The van der Waals surface area contributed by atoms with Gasteiger partial charge in [0.25, 0.3) is 0 Å². The topological polar surface area (TPSA) is 29.5 Å². The lowest BCUT2D eigenvalue weighted by Crippen LogP contribution is -2.20. The summed E-state index contributed by atoms with van der Waals surface area (Å²) in [5.41, 5.74) is 0. The molecule has 17 heavy (non-hydrogen) atoms. The molecule has 0 aromatic rings. The smallest absolute Gasteiger partial charge is 0.163 e. The summed E-state index contributed by atoms with van der Waals surface area (Å²) in [6.07, 6.45) is 3.28. The second-order valence-corrected chi connectivity index (χ2v) is 7.67. The lowest BCUT2D eigenvalue weighted by Gasteiger charge is -2.25. The van der Waals surface area contributed by atoms with E-state index in [2.05, 4.69) is 33.8 Å². The monoisotopic (exact) mass is 350 g/mol. The summed E-state index contributed by atoms with van der Waals surface area (Å²) in [4.78, 5) is 0. The van der Waals surface area contributed by atoms with Crippen LogP contribution in [0.15, 0.2) is 21.7 Å². The fourth-order valence-electron chi connectivity index (χ4n) is 1.96. The Kier molecular flexibility index (Phi) is 5.70. The number of rotatable bonds is 5. The number of aliphatic hydroxyl groups is 1. The fraction of sp³-hybridized carbons (Fsp3) is 0.643. The standard InChI is InChI=1S/C14H23IO2/c1-9(2)6-11(10(3)4)12-7-14(17-5)13(16)8-15-12/h7-11,16H,6H2,1-5H3. The zero-order valence-electron chi connectivity index (χ0n) is 11.3. The van der Waals surface area contributed by atoms with Gasteiger partial charge in [-0.1, -0.05) is 48.4 Å². The van der Waals surface area contributed by atoms with Gasteiger partial charge in [0.1, 0.15) is 0 Å². The maximum absolute atomic E-state index is 9.67. The number of ether oxygens (including phenoxy) is 1.